The van der Waals surface area contributed by atoms with Gasteiger partial charge in [0.2, 0.25) is 5.91 Å². The van der Waals surface area contributed by atoms with Gasteiger partial charge in [-0.15, -0.1) is 0 Å². The monoisotopic (exact) mass is 349 g/mol. The van der Waals surface area contributed by atoms with Crippen molar-refractivity contribution in [3.63, 3.8) is 0 Å². The van der Waals surface area contributed by atoms with Crippen LogP contribution in [0.25, 0.3) is 0 Å². The maximum Gasteiger partial charge on any atom is 0.317 e. The predicted molar refractivity (Wildman–Crippen MR) is 87.6 cm³/mol. The number of rotatable bonds is 3. The number of piperidine rings is 1. The van der Waals surface area contributed by atoms with Crippen LogP contribution in [-0.2, 0) is 16.6 Å². The van der Waals surface area contributed by atoms with Crippen LogP contribution >= 0.6 is 0 Å². The Hall–Kier alpha value is -2.58. The van der Waals surface area contributed by atoms with E-state index in [2.05, 4.69) is 10.4 Å². The number of aromatic nitrogens is 2. The Morgan fingerprint density at radius 2 is 2.12 bits per heavy atom. The molecule has 3 atom stereocenters. The summed E-state index contributed by atoms with van der Waals surface area (Å²) >= 11 is 0. The third-order valence-electron chi connectivity index (χ3n) is 5.11. The first-order chi connectivity index (χ1) is 11.9. The predicted octanol–water partition coefficient (Wildman–Crippen LogP) is 0.198. The zero-order valence-electron chi connectivity index (χ0n) is 14.4. The highest BCUT2D eigenvalue weighted by Gasteiger charge is 2.41. The largest absolute Gasteiger partial charge is 0.481 e. The Labute approximate surface area is 145 Å². The molecule has 2 aliphatic rings. The third-order valence-corrected chi connectivity index (χ3v) is 5.11. The number of urea groups is 1. The molecule has 2 saturated heterocycles. The lowest BCUT2D eigenvalue weighted by atomic mass is 9.98. The second kappa shape index (κ2) is 6.73. The fourth-order valence-corrected chi connectivity index (χ4v) is 3.69. The minimum absolute atomic E-state index is 0.0430. The van der Waals surface area contributed by atoms with Gasteiger partial charge in [-0.3, -0.25) is 14.3 Å². The van der Waals surface area contributed by atoms with E-state index in [4.69, 9.17) is 5.11 Å². The molecule has 9 heteroatoms. The fraction of sp³-hybridized carbons (Fsp3) is 0.625. The van der Waals surface area contributed by atoms with Gasteiger partial charge in [-0.2, -0.15) is 5.10 Å². The lowest BCUT2D eigenvalue weighted by molar-refractivity contribution is -0.143. The third kappa shape index (κ3) is 3.31. The van der Waals surface area contributed by atoms with Crippen LogP contribution in [0.5, 0.6) is 0 Å². The van der Waals surface area contributed by atoms with Gasteiger partial charge in [0.15, 0.2) is 0 Å². The maximum atomic E-state index is 12.6. The highest BCUT2D eigenvalue weighted by Crippen LogP contribution is 2.31. The summed E-state index contributed by atoms with van der Waals surface area (Å²) in [6.07, 6.45) is 3.13. The standard InChI is InChI=1S/C16H23N5O4/c1-19-13(22)8-11(14(19)12-5-6-17-20(12)2)18-16(25)21-7-3-4-10(9-21)15(23)24/h5-6,10-11,14H,3-4,7-9H2,1-2H3,(H,18,25)(H,23,24)/t10?,11-,14-/m1/s1. The number of likely N-dealkylation sites (tertiary alicyclic amines) is 2. The second-order valence-electron chi connectivity index (χ2n) is 6.71. The normalized spacial score (nSPS) is 26.8. The number of carbonyl (C=O) groups is 3. The highest BCUT2D eigenvalue weighted by atomic mass is 16.4. The first kappa shape index (κ1) is 17.2. The number of likely N-dealkylation sites (N-methyl/N-ethyl adjacent to an activating group) is 1. The van der Waals surface area contributed by atoms with Gasteiger partial charge in [0, 0.05) is 39.8 Å². The quantitative estimate of drug-likeness (QED) is 0.810. The zero-order valence-corrected chi connectivity index (χ0v) is 14.4. The van der Waals surface area contributed by atoms with E-state index in [1.807, 2.05) is 6.07 Å². The molecule has 3 amide bonds. The van der Waals surface area contributed by atoms with Gasteiger partial charge in [0.25, 0.3) is 0 Å². The van der Waals surface area contributed by atoms with Crippen molar-refractivity contribution in [1.29, 1.82) is 0 Å². The number of amides is 3. The van der Waals surface area contributed by atoms with Crippen molar-refractivity contribution in [1.82, 2.24) is 24.9 Å². The summed E-state index contributed by atoms with van der Waals surface area (Å²) in [6.45, 7) is 0.733. The van der Waals surface area contributed by atoms with Crippen molar-refractivity contribution >= 4 is 17.9 Å². The van der Waals surface area contributed by atoms with Crippen molar-refractivity contribution < 1.29 is 19.5 Å². The van der Waals surface area contributed by atoms with Crippen molar-refractivity contribution in [3.05, 3.63) is 18.0 Å². The van der Waals surface area contributed by atoms with E-state index >= 15 is 0 Å². The van der Waals surface area contributed by atoms with Crippen LogP contribution in [0.15, 0.2) is 12.3 Å². The van der Waals surface area contributed by atoms with Crippen LogP contribution in [0.1, 0.15) is 31.0 Å². The first-order valence-corrected chi connectivity index (χ1v) is 8.40. The molecule has 2 fully saturated rings. The van der Waals surface area contributed by atoms with Gasteiger partial charge in [0.1, 0.15) is 0 Å². The first-order valence-electron chi connectivity index (χ1n) is 8.40. The molecular formula is C16H23N5O4. The van der Waals surface area contributed by atoms with E-state index in [0.29, 0.717) is 19.4 Å². The molecule has 1 aromatic heterocycles. The number of aliphatic carboxylic acids is 1. The van der Waals surface area contributed by atoms with Gasteiger partial charge in [0.05, 0.1) is 23.7 Å². The summed E-state index contributed by atoms with van der Waals surface area (Å²) in [5.41, 5.74) is 0.848. The Bertz CT molecular complexity index is 688. The minimum atomic E-state index is -0.874. The Morgan fingerprint density at radius 3 is 2.76 bits per heavy atom. The number of hydrogen-bond donors (Lipinski definition) is 2. The molecular weight excluding hydrogens is 326 g/mol. The van der Waals surface area contributed by atoms with Crippen LogP contribution in [0.4, 0.5) is 4.79 Å². The maximum absolute atomic E-state index is 12.6. The van der Waals surface area contributed by atoms with E-state index in [-0.39, 0.29) is 37.0 Å². The van der Waals surface area contributed by atoms with E-state index in [0.717, 1.165) is 5.69 Å². The zero-order chi connectivity index (χ0) is 18.1. The molecule has 25 heavy (non-hydrogen) atoms. The summed E-state index contributed by atoms with van der Waals surface area (Å²) in [4.78, 5) is 39.1. The average Bonchev–Trinajstić information content (AvgIpc) is 3.11. The van der Waals surface area contributed by atoms with E-state index in [9.17, 15) is 14.4 Å². The molecule has 1 aromatic rings. The Kier molecular flexibility index (Phi) is 4.65. The van der Waals surface area contributed by atoms with Gasteiger partial charge < -0.3 is 20.2 Å². The summed E-state index contributed by atoms with van der Waals surface area (Å²) < 4.78 is 1.69. The lowest BCUT2D eigenvalue weighted by Gasteiger charge is -2.33. The van der Waals surface area contributed by atoms with E-state index in [1.165, 1.54) is 4.90 Å². The molecule has 1 unspecified atom stereocenters. The molecule has 0 radical (unpaired) electrons. The van der Waals surface area contributed by atoms with Crippen LogP contribution in [-0.4, -0.2) is 68.8 Å². The molecule has 0 saturated carbocycles. The van der Waals surface area contributed by atoms with Crippen LogP contribution in [0.2, 0.25) is 0 Å². The van der Waals surface area contributed by atoms with Gasteiger partial charge >= 0.3 is 12.0 Å². The van der Waals surface area contributed by atoms with Gasteiger partial charge in [-0.1, -0.05) is 0 Å². The average molecular weight is 349 g/mol. The number of carboxylic acid groups (broad SMARTS) is 1. The van der Waals surface area contributed by atoms with Crippen molar-refractivity contribution in [2.45, 2.75) is 31.3 Å². The van der Waals surface area contributed by atoms with Crippen LogP contribution < -0.4 is 5.32 Å². The van der Waals surface area contributed by atoms with Crippen molar-refractivity contribution in [2.24, 2.45) is 13.0 Å². The summed E-state index contributed by atoms with van der Waals surface area (Å²) in [5.74, 6) is -1.44. The van der Waals surface area contributed by atoms with Crippen LogP contribution in [0, 0.1) is 5.92 Å². The van der Waals surface area contributed by atoms with Crippen molar-refractivity contribution in [3.8, 4) is 0 Å². The van der Waals surface area contributed by atoms with Gasteiger partial charge in [-0.25, -0.2) is 4.79 Å². The summed E-state index contributed by atoms with van der Waals surface area (Å²) in [5, 5.41) is 16.2. The fourth-order valence-electron chi connectivity index (χ4n) is 3.69. The van der Waals surface area contributed by atoms with Crippen LogP contribution in [0.3, 0.4) is 0 Å². The smallest absolute Gasteiger partial charge is 0.317 e. The molecule has 0 spiro atoms. The molecule has 136 valence electrons. The number of carboxylic acids is 1. The molecule has 9 nitrogen and oxygen atoms in total. The Balaban J connectivity index is 1.72. The van der Waals surface area contributed by atoms with E-state index in [1.54, 1.807) is 29.9 Å². The Morgan fingerprint density at radius 1 is 1.36 bits per heavy atom. The second-order valence-corrected chi connectivity index (χ2v) is 6.71. The summed E-state index contributed by atoms with van der Waals surface area (Å²) in [6, 6.07) is 0.862. The molecule has 0 aromatic carbocycles. The topological polar surface area (TPSA) is 108 Å². The number of nitrogens with zero attached hydrogens (tertiary/aromatic N) is 4. The number of carbonyl (C=O) groups excluding carboxylic acids is 2. The molecule has 2 aliphatic heterocycles. The van der Waals surface area contributed by atoms with Crippen molar-refractivity contribution in [2.75, 3.05) is 20.1 Å². The molecule has 3 rings (SSSR count). The lowest BCUT2D eigenvalue weighted by Crippen LogP contribution is -2.50. The number of aryl methyl sites for hydroxylation is 1. The van der Waals surface area contributed by atoms with Gasteiger partial charge in [-0.05, 0) is 18.9 Å². The molecule has 0 bridgehead atoms. The molecule has 0 aliphatic carbocycles. The molecule has 3 heterocycles. The number of hydrogen-bond acceptors (Lipinski definition) is 4. The number of nitrogens with one attached hydrogen (secondary N) is 1. The highest BCUT2D eigenvalue weighted by molar-refractivity contribution is 5.82. The SMILES string of the molecule is CN1C(=O)C[C@@H](NC(=O)N2CCCC(C(=O)O)C2)[C@@H]1c1ccnn1C. The summed E-state index contributed by atoms with van der Waals surface area (Å²) in [7, 11) is 3.51. The molecule has 2 N–H and O–H groups in total. The minimum Gasteiger partial charge on any atom is -0.481 e. The van der Waals surface area contributed by atoms with E-state index < -0.39 is 11.9 Å².